The fraction of sp³-hybridized carbons (Fsp3) is 0.308. The Morgan fingerprint density at radius 2 is 2.17 bits per heavy atom. The molecule has 0 spiro atoms. The maximum Gasteiger partial charge on any atom is 0.0953 e. The number of rotatable bonds is 5. The predicted molar refractivity (Wildman–Crippen MR) is 75.2 cm³/mol. The van der Waals surface area contributed by atoms with Gasteiger partial charge in [-0.2, -0.15) is 0 Å². The van der Waals surface area contributed by atoms with Gasteiger partial charge in [0.15, 0.2) is 0 Å². The Balaban J connectivity index is 2.09. The average Bonchev–Trinajstić information content (AvgIpc) is 2.80. The van der Waals surface area contributed by atoms with E-state index in [0.717, 1.165) is 24.3 Å². The molecule has 0 atom stereocenters. The molecule has 0 aliphatic heterocycles. The van der Waals surface area contributed by atoms with Gasteiger partial charge >= 0.3 is 0 Å². The second kappa shape index (κ2) is 6.23. The number of hydrogen-bond donors (Lipinski definition) is 1. The molecule has 18 heavy (non-hydrogen) atoms. The Morgan fingerprint density at radius 3 is 2.94 bits per heavy atom. The zero-order valence-electron chi connectivity index (χ0n) is 10.2. The van der Waals surface area contributed by atoms with Gasteiger partial charge in [-0.25, -0.2) is 4.98 Å². The van der Waals surface area contributed by atoms with E-state index in [-0.39, 0.29) is 0 Å². The third kappa shape index (κ3) is 3.25. The SMILES string of the molecule is CCNCc1cn(Cc2cccc(Cl)c2Cl)cn1. The fourth-order valence-electron chi connectivity index (χ4n) is 1.70. The minimum atomic E-state index is 0.585. The van der Waals surface area contributed by atoms with Gasteiger partial charge in [0.2, 0.25) is 0 Å². The summed E-state index contributed by atoms with van der Waals surface area (Å²) in [6.07, 6.45) is 3.82. The highest BCUT2D eigenvalue weighted by atomic mass is 35.5. The van der Waals surface area contributed by atoms with Crippen molar-refractivity contribution in [3.63, 3.8) is 0 Å². The van der Waals surface area contributed by atoms with Gasteiger partial charge in [0.25, 0.3) is 0 Å². The van der Waals surface area contributed by atoms with E-state index >= 15 is 0 Å². The van der Waals surface area contributed by atoms with Crippen LogP contribution in [0.25, 0.3) is 0 Å². The summed E-state index contributed by atoms with van der Waals surface area (Å²) in [6.45, 7) is 4.47. The van der Waals surface area contributed by atoms with E-state index in [1.807, 2.05) is 29.2 Å². The lowest BCUT2D eigenvalue weighted by Crippen LogP contribution is -2.11. The third-order valence-corrected chi connectivity index (χ3v) is 3.49. The molecule has 0 aliphatic carbocycles. The van der Waals surface area contributed by atoms with Crippen molar-refractivity contribution in [2.75, 3.05) is 6.54 Å². The molecule has 1 aromatic carbocycles. The number of imidazole rings is 1. The number of halogens is 2. The van der Waals surface area contributed by atoms with Gasteiger partial charge in [-0.1, -0.05) is 42.3 Å². The van der Waals surface area contributed by atoms with Crippen LogP contribution in [0.3, 0.4) is 0 Å². The lowest BCUT2D eigenvalue weighted by Gasteiger charge is -2.06. The van der Waals surface area contributed by atoms with E-state index in [1.54, 1.807) is 6.07 Å². The van der Waals surface area contributed by atoms with E-state index in [2.05, 4.69) is 17.2 Å². The van der Waals surface area contributed by atoms with Crippen molar-refractivity contribution in [1.29, 1.82) is 0 Å². The third-order valence-electron chi connectivity index (χ3n) is 2.63. The van der Waals surface area contributed by atoms with Gasteiger partial charge in [-0.05, 0) is 18.2 Å². The molecular weight excluding hydrogens is 269 g/mol. The van der Waals surface area contributed by atoms with E-state index in [1.165, 1.54) is 0 Å². The Bertz CT molecular complexity index is 523. The number of hydrogen-bond acceptors (Lipinski definition) is 2. The van der Waals surface area contributed by atoms with Gasteiger partial charge < -0.3 is 9.88 Å². The molecule has 5 heteroatoms. The largest absolute Gasteiger partial charge is 0.333 e. The highest BCUT2D eigenvalue weighted by molar-refractivity contribution is 6.42. The zero-order valence-corrected chi connectivity index (χ0v) is 11.7. The Morgan fingerprint density at radius 1 is 1.33 bits per heavy atom. The first-order valence-corrected chi connectivity index (χ1v) is 6.60. The van der Waals surface area contributed by atoms with Crippen LogP contribution in [0.1, 0.15) is 18.2 Å². The number of nitrogens with one attached hydrogen (secondary N) is 1. The number of benzene rings is 1. The molecule has 2 rings (SSSR count). The van der Waals surface area contributed by atoms with E-state index in [4.69, 9.17) is 23.2 Å². The van der Waals surface area contributed by atoms with Gasteiger partial charge in [0.05, 0.1) is 28.6 Å². The molecule has 1 aromatic heterocycles. The molecule has 0 amide bonds. The van der Waals surface area contributed by atoms with Crippen molar-refractivity contribution in [2.45, 2.75) is 20.0 Å². The average molecular weight is 284 g/mol. The highest BCUT2D eigenvalue weighted by Gasteiger charge is 2.05. The van der Waals surface area contributed by atoms with Crippen molar-refractivity contribution >= 4 is 23.2 Å². The summed E-state index contributed by atoms with van der Waals surface area (Å²) in [5.74, 6) is 0. The van der Waals surface area contributed by atoms with Gasteiger partial charge in [-0.3, -0.25) is 0 Å². The van der Waals surface area contributed by atoms with Crippen molar-refractivity contribution in [2.24, 2.45) is 0 Å². The first kappa shape index (κ1) is 13.4. The Kier molecular flexibility index (Phi) is 4.64. The van der Waals surface area contributed by atoms with Crippen LogP contribution in [-0.4, -0.2) is 16.1 Å². The van der Waals surface area contributed by atoms with Crippen LogP contribution in [0.4, 0.5) is 0 Å². The fourth-order valence-corrected chi connectivity index (χ4v) is 2.08. The standard InChI is InChI=1S/C13H15Cl2N3/c1-2-16-6-11-8-18(9-17-11)7-10-4-3-5-12(14)13(10)15/h3-5,8-9,16H,2,6-7H2,1H3. The van der Waals surface area contributed by atoms with E-state index < -0.39 is 0 Å². The van der Waals surface area contributed by atoms with Crippen LogP contribution in [0.5, 0.6) is 0 Å². The zero-order chi connectivity index (χ0) is 13.0. The van der Waals surface area contributed by atoms with E-state index in [0.29, 0.717) is 16.6 Å². The maximum absolute atomic E-state index is 6.16. The quantitative estimate of drug-likeness (QED) is 0.912. The first-order chi connectivity index (χ1) is 8.70. The van der Waals surface area contributed by atoms with Crippen LogP contribution < -0.4 is 5.32 Å². The molecule has 1 heterocycles. The van der Waals surface area contributed by atoms with Gasteiger partial charge in [-0.15, -0.1) is 0 Å². The van der Waals surface area contributed by atoms with Gasteiger partial charge in [0.1, 0.15) is 0 Å². The second-order valence-electron chi connectivity index (χ2n) is 4.03. The lowest BCUT2D eigenvalue weighted by atomic mass is 10.2. The smallest absolute Gasteiger partial charge is 0.0953 e. The molecule has 96 valence electrons. The Hall–Kier alpha value is -1.03. The molecule has 2 aromatic rings. The summed E-state index contributed by atoms with van der Waals surface area (Å²) < 4.78 is 2.00. The van der Waals surface area contributed by atoms with Crippen molar-refractivity contribution in [3.05, 3.63) is 52.0 Å². The molecule has 0 saturated heterocycles. The molecular formula is C13H15Cl2N3. The van der Waals surface area contributed by atoms with Crippen LogP contribution in [-0.2, 0) is 13.1 Å². The normalized spacial score (nSPS) is 10.8. The topological polar surface area (TPSA) is 29.9 Å². The molecule has 1 N–H and O–H groups in total. The number of nitrogens with zero attached hydrogens (tertiary/aromatic N) is 2. The van der Waals surface area contributed by atoms with Crippen LogP contribution in [0.2, 0.25) is 10.0 Å². The summed E-state index contributed by atoms with van der Waals surface area (Å²) in [4.78, 5) is 4.33. The molecule has 3 nitrogen and oxygen atoms in total. The minimum Gasteiger partial charge on any atom is -0.333 e. The molecule has 0 fully saturated rings. The minimum absolute atomic E-state index is 0.585. The van der Waals surface area contributed by atoms with E-state index in [9.17, 15) is 0 Å². The Labute approximate surface area is 117 Å². The van der Waals surface area contributed by atoms with Crippen molar-refractivity contribution < 1.29 is 0 Å². The summed E-state index contributed by atoms with van der Waals surface area (Å²) >= 11 is 12.1. The second-order valence-corrected chi connectivity index (χ2v) is 4.82. The summed E-state index contributed by atoms with van der Waals surface area (Å²) in [5.41, 5.74) is 2.02. The monoisotopic (exact) mass is 283 g/mol. The summed E-state index contributed by atoms with van der Waals surface area (Å²) in [5, 5.41) is 4.44. The predicted octanol–water partition coefficient (Wildman–Crippen LogP) is 3.35. The highest BCUT2D eigenvalue weighted by Crippen LogP contribution is 2.26. The lowest BCUT2D eigenvalue weighted by molar-refractivity contribution is 0.712. The van der Waals surface area contributed by atoms with Crippen LogP contribution in [0.15, 0.2) is 30.7 Å². The molecule has 0 saturated carbocycles. The summed E-state index contributed by atoms with van der Waals surface area (Å²) in [7, 11) is 0. The molecule has 0 aliphatic rings. The molecule has 0 bridgehead atoms. The van der Waals surface area contributed by atoms with Crippen molar-refractivity contribution in [1.82, 2.24) is 14.9 Å². The first-order valence-electron chi connectivity index (χ1n) is 5.85. The van der Waals surface area contributed by atoms with Crippen molar-refractivity contribution in [3.8, 4) is 0 Å². The maximum atomic E-state index is 6.16. The van der Waals surface area contributed by atoms with Crippen LogP contribution >= 0.6 is 23.2 Å². The van der Waals surface area contributed by atoms with Gasteiger partial charge in [0, 0.05) is 12.7 Å². The number of aromatic nitrogens is 2. The molecule has 0 radical (unpaired) electrons. The summed E-state index contributed by atoms with van der Waals surface area (Å²) in [6, 6.07) is 5.66. The molecule has 0 unspecified atom stereocenters. The van der Waals surface area contributed by atoms with Crippen LogP contribution in [0, 0.1) is 0 Å².